The van der Waals surface area contributed by atoms with E-state index in [1.54, 1.807) is 18.8 Å². The molecule has 0 spiro atoms. The Hall–Kier alpha value is -1.07. The number of methoxy groups -OCH3 is 1. The van der Waals surface area contributed by atoms with E-state index in [0.717, 1.165) is 5.69 Å². The third kappa shape index (κ3) is 1.66. The Morgan fingerprint density at radius 1 is 1.69 bits per heavy atom. The maximum atomic E-state index is 9.58. The van der Waals surface area contributed by atoms with Gasteiger partial charge in [-0.15, -0.1) is 0 Å². The van der Waals surface area contributed by atoms with Crippen LogP contribution in [0.3, 0.4) is 0 Å². The maximum Gasteiger partial charge on any atom is 0.217 e. The van der Waals surface area contributed by atoms with Crippen molar-refractivity contribution in [1.82, 2.24) is 9.78 Å². The lowest BCUT2D eigenvalue weighted by Crippen LogP contribution is -2.13. The molecule has 5 heteroatoms. The Balaban J connectivity index is 3.16. The second kappa shape index (κ2) is 3.76. The van der Waals surface area contributed by atoms with Gasteiger partial charge in [0.2, 0.25) is 5.88 Å². The van der Waals surface area contributed by atoms with E-state index in [9.17, 15) is 5.11 Å². The van der Waals surface area contributed by atoms with Crippen molar-refractivity contribution in [3.05, 3.63) is 11.3 Å². The number of ether oxygens (including phenoxy) is 1. The van der Waals surface area contributed by atoms with E-state index in [2.05, 4.69) is 5.10 Å². The number of rotatable bonds is 3. The topological polar surface area (TPSA) is 73.3 Å². The van der Waals surface area contributed by atoms with Gasteiger partial charge in [0, 0.05) is 13.6 Å². The van der Waals surface area contributed by atoms with Gasteiger partial charge in [0.1, 0.15) is 0 Å². The summed E-state index contributed by atoms with van der Waals surface area (Å²) in [6.45, 7) is 1.99. The number of nitrogens with zero attached hydrogens (tertiary/aromatic N) is 2. The SMILES string of the molecule is COc1c([C@@H](O)CN)c(C)nn1C. The fourth-order valence-corrected chi connectivity index (χ4v) is 1.40. The molecule has 13 heavy (non-hydrogen) atoms. The predicted molar refractivity (Wildman–Crippen MR) is 48.5 cm³/mol. The highest BCUT2D eigenvalue weighted by Gasteiger charge is 2.19. The normalized spacial score (nSPS) is 13.0. The van der Waals surface area contributed by atoms with E-state index >= 15 is 0 Å². The van der Waals surface area contributed by atoms with Crippen molar-refractivity contribution in [2.75, 3.05) is 13.7 Å². The van der Waals surface area contributed by atoms with Crippen LogP contribution in [0.2, 0.25) is 0 Å². The molecule has 0 saturated carbocycles. The van der Waals surface area contributed by atoms with Crippen LogP contribution in [-0.4, -0.2) is 28.5 Å². The van der Waals surface area contributed by atoms with Gasteiger partial charge < -0.3 is 15.6 Å². The van der Waals surface area contributed by atoms with Crippen LogP contribution in [0.25, 0.3) is 0 Å². The number of aryl methyl sites for hydroxylation is 2. The van der Waals surface area contributed by atoms with E-state index in [1.165, 1.54) is 0 Å². The van der Waals surface area contributed by atoms with Crippen molar-refractivity contribution in [3.63, 3.8) is 0 Å². The van der Waals surface area contributed by atoms with Crippen LogP contribution in [0.4, 0.5) is 0 Å². The molecule has 1 heterocycles. The fourth-order valence-electron chi connectivity index (χ4n) is 1.40. The smallest absolute Gasteiger partial charge is 0.217 e. The molecule has 0 aliphatic heterocycles. The number of nitrogens with two attached hydrogens (primary N) is 1. The molecule has 74 valence electrons. The summed E-state index contributed by atoms with van der Waals surface area (Å²) in [4.78, 5) is 0. The predicted octanol–water partition coefficient (Wildman–Crippen LogP) is -0.271. The second-order valence-electron chi connectivity index (χ2n) is 2.88. The van der Waals surface area contributed by atoms with Gasteiger partial charge in [-0.05, 0) is 6.92 Å². The molecular weight excluding hydrogens is 170 g/mol. The summed E-state index contributed by atoms with van der Waals surface area (Å²) in [6.07, 6.45) is -0.705. The van der Waals surface area contributed by atoms with Crippen molar-refractivity contribution in [1.29, 1.82) is 0 Å². The average Bonchev–Trinajstić information content (AvgIpc) is 2.39. The van der Waals surface area contributed by atoms with Gasteiger partial charge in [-0.3, -0.25) is 0 Å². The van der Waals surface area contributed by atoms with Gasteiger partial charge in [0.15, 0.2) is 0 Å². The summed E-state index contributed by atoms with van der Waals surface area (Å²) in [5, 5.41) is 13.7. The molecule has 0 fully saturated rings. The van der Waals surface area contributed by atoms with Crippen LogP contribution >= 0.6 is 0 Å². The summed E-state index contributed by atoms with van der Waals surface area (Å²) in [6, 6.07) is 0. The average molecular weight is 185 g/mol. The van der Waals surface area contributed by atoms with Crippen LogP contribution in [-0.2, 0) is 7.05 Å². The Bertz CT molecular complexity index is 296. The van der Waals surface area contributed by atoms with E-state index in [0.29, 0.717) is 11.4 Å². The van der Waals surface area contributed by atoms with Crippen molar-refractivity contribution < 1.29 is 9.84 Å². The number of aromatic nitrogens is 2. The minimum absolute atomic E-state index is 0.170. The van der Waals surface area contributed by atoms with Crippen molar-refractivity contribution in [2.45, 2.75) is 13.0 Å². The van der Waals surface area contributed by atoms with E-state index in [1.807, 2.05) is 6.92 Å². The largest absolute Gasteiger partial charge is 0.481 e. The van der Waals surface area contributed by atoms with Crippen LogP contribution in [0.1, 0.15) is 17.4 Å². The molecule has 5 nitrogen and oxygen atoms in total. The molecule has 1 aromatic heterocycles. The zero-order chi connectivity index (χ0) is 10.0. The number of hydrogen-bond acceptors (Lipinski definition) is 4. The fraction of sp³-hybridized carbons (Fsp3) is 0.625. The summed E-state index contributed by atoms with van der Waals surface area (Å²) in [5.74, 6) is 0.565. The molecule has 0 aliphatic carbocycles. The summed E-state index contributed by atoms with van der Waals surface area (Å²) in [5.41, 5.74) is 6.78. The highest BCUT2D eigenvalue weighted by molar-refractivity contribution is 5.33. The van der Waals surface area contributed by atoms with Crippen molar-refractivity contribution >= 4 is 0 Å². The molecule has 0 aliphatic rings. The Labute approximate surface area is 77.1 Å². The van der Waals surface area contributed by atoms with Crippen molar-refractivity contribution in [3.8, 4) is 5.88 Å². The first kappa shape index (κ1) is 10.0. The maximum absolute atomic E-state index is 9.58. The molecule has 1 aromatic rings. The van der Waals surface area contributed by atoms with Crippen molar-refractivity contribution in [2.24, 2.45) is 12.8 Å². The van der Waals surface area contributed by atoms with Gasteiger partial charge in [0.25, 0.3) is 0 Å². The summed E-state index contributed by atoms with van der Waals surface area (Å²) < 4.78 is 6.69. The second-order valence-corrected chi connectivity index (χ2v) is 2.88. The van der Waals surface area contributed by atoms with Gasteiger partial charge in [0.05, 0.1) is 24.5 Å². The zero-order valence-corrected chi connectivity index (χ0v) is 8.11. The lowest BCUT2D eigenvalue weighted by atomic mass is 10.1. The summed E-state index contributed by atoms with van der Waals surface area (Å²) in [7, 11) is 3.31. The molecule has 0 saturated heterocycles. The van der Waals surface area contributed by atoms with Gasteiger partial charge in [-0.1, -0.05) is 0 Å². The van der Waals surface area contributed by atoms with Crippen LogP contribution in [0.5, 0.6) is 5.88 Å². The first-order valence-electron chi connectivity index (χ1n) is 4.07. The lowest BCUT2D eigenvalue weighted by molar-refractivity contribution is 0.180. The van der Waals surface area contributed by atoms with E-state index < -0.39 is 6.10 Å². The lowest BCUT2D eigenvalue weighted by Gasteiger charge is -2.09. The molecule has 0 radical (unpaired) electrons. The standard InChI is InChI=1S/C8H15N3O2/c1-5-7(6(12)4-9)8(13-3)11(2)10-5/h6,12H,4,9H2,1-3H3/t6-/m0/s1. The number of aliphatic hydroxyl groups is 1. The monoisotopic (exact) mass is 185 g/mol. The molecule has 3 N–H and O–H groups in total. The van der Waals surface area contributed by atoms with Crippen LogP contribution in [0.15, 0.2) is 0 Å². The van der Waals surface area contributed by atoms with Crippen LogP contribution < -0.4 is 10.5 Å². The molecule has 0 bridgehead atoms. The summed E-state index contributed by atoms with van der Waals surface area (Å²) >= 11 is 0. The van der Waals surface area contributed by atoms with Crippen LogP contribution in [0, 0.1) is 6.92 Å². The zero-order valence-electron chi connectivity index (χ0n) is 8.11. The molecule has 1 atom stereocenters. The third-order valence-electron chi connectivity index (χ3n) is 1.96. The van der Waals surface area contributed by atoms with Gasteiger partial charge in [-0.2, -0.15) is 5.10 Å². The minimum atomic E-state index is -0.705. The molecule has 0 unspecified atom stereocenters. The molecule has 0 aromatic carbocycles. The Morgan fingerprint density at radius 3 is 2.77 bits per heavy atom. The number of hydrogen-bond donors (Lipinski definition) is 2. The first-order chi connectivity index (χ1) is 6.11. The van der Waals surface area contributed by atoms with E-state index in [-0.39, 0.29) is 6.54 Å². The van der Waals surface area contributed by atoms with E-state index in [4.69, 9.17) is 10.5 Å². The quantitative estimate of drug-likeness (QED) is 0.679. The minimum Gasteiger partial charge on any atom is -0.481 e. The highest BCUT2D eigenvalue weighted by atomic mass is 16.5. The van der Waals surface area contributed by atoms with Gasteiger partial charge >= 0.3 is 0 Å². The first-order valence-corrected chi connectivity index (χ1v) is 4.07. The van der Waals surface area contributed by atoms with Gasteiger partial charge in [-0.25, -0.2) is 4.68 Å². The Kier molecular flexibility index (Phi) is 2.90. The molecular formula is C8H15N3O2. The Morgan fingerprint density at radius 2 is 2.31 bits per heavy atom. The number of aliphatic hydroxyl groups excluding tert-OH is 1. The third-order valence-corrected chi connectivity index (χ3v) is 1.96. The molecule has 1 rings (SSSR count). The highest BCUT2D eigenvalue weighted by Crippen LogP contribution is 2.26. The molecule has 0 amide bonds.